The number of nitro benzene ring substituents is 1. The number of aromatic hydroxyl groups is 1. The predicted molar refractivity (Wildman–Crippen MR) is 55.3 cm³/mol. The summed E-state index contributed by atoms with van der Waals surface area (Å²) < 4.78 is 0. The lowest BCUT2D eigenvalue weighted by Crippen LogP contribution is -2.06. The molecule has 0 radical (unpaired) electrons. The summed E-state index contributed by atoms with van der Waals surface area (Å²) in [5.74, 6) is -0.268. The van der Waals surface area contributed by atoms with Crippen molar-refractivity contribution in [1.29, 1.82) is 0 Å². The van der Waals surface area contributed by atoms with Crippen LogP contribution in [-0.2, 0) is 0 Å². The molecule has 0 fully saturated rings. The number of aliphatic hydroxyl groups is 1. The second kappa shape index (κ2) is 4.81. The van der Waals surface area contributed by atoms with Crippen LogP contribution in [0.5, 0.6) is 5.75 Å². The molecule has 0 aliphatic carbocycles. The van der Waals surface area contributed by atoms with Crippen LogP contribution in [0.25, 0.3) is 0 Å². The second-order valence-corrected chi connectivity index (χ2v) is 3.14. The van der Waals surface area contributed by atoms with Crippen LogP contribution in [-0.4, -0.2) is 28.3 Å². The normalized spacial score (nSPS) is 10.0. The van der Waals surface area contributed by atoms with Gasteiger partial charge in [-0.25, -0.2) is 0 Å². The summed E-state index contributed by atoms with van der Waals surface area (Å²) in [4.78, 5) is 9.86. The molecule has 0 atom stereocenters. The first-order valence-electron chi connectivity index (χ1n) is 4.08. The maximum atomic E-state index is 10.5. The minimum absolute atomic E-state index is 0.107. The number of nitro groups is 1. The van der Waals surface area contributed by atoms with Crippen molar-refractivity contribution in [2.75, 3.05) is 18.5 Å². The standard InChI is InChI=1S/C8H9ClN2O4/c9-6-3-5(11(14)15)4-7(8(6)13)10-1-2-12/h3-4,10,12-13H,1-2H2. The average molecular weight is 233 g/mol. The molecule has 0 heterocycles. The molecule has 1 aromatic carbocycles. The molecule has 0 aliphatic rings. The van der Waals surface area contributed by atoms with E-state index in [4.69, 9.17) is 16.7 Å². The number of nitrogens with one attached hydrogen (secondary N) is 1. The van der Waals surface area contributed by atoms with Gasteiger partial charge >= 0.3 is 0 Å². The fourth-order valence-electron chi connectivity index (χ4n) is 1.02. The first-order chi connectivity index (χ1) is 7.06. The van der Waals surface area contributed by atoms with E-state index in [1.54, 1.807) is 0 Å². The van der Waals surface area contributed by atoms with E-state index >= 15 is 0 Å². The Morgan fingerprint density at radius 3 is 2.73 bits per heavy atom. The third-order valence-corrected chi connectivity index (χ3v) is 1.97. The molecule has 0 aromatic heterocycles. The van der Waals surface area contributed by atoms with Crippen molar-refractivity contribution in [3.8, 4) is 5.75 Å². The zero-order valence-electron chi connectivity index (χ0n) is 7.61. The van der Waals surface area contributed by atoms with Gasteiger partial charge in [-0.3, -0.25) is 10.1 Å². The first-order valence-corrected chi connectivity index (χ1v) is 4.45. The topological polar surface area (TPSA) is 95.6 Å². The van der Waals surface area contributed by atoms with Crippen LogP contribution in [0.3, 0.4) is 0 Å². The lowest BCUT2D eigenvalue weighted by Gasteiger charge is -2.07. The molecule has 1 rings (SSSR count). The number of nitrogens with zero attached hydrogens (tertiary/aromatic N) is 1. The van der Waals surface area contributed by atoms with Crippen molar-refractivity contribution in [3.05, 3.63) is 27.3 Å². The number of hydrogen-bond acceptors (Lipinski definition) is 5. The second-order valence-electron chi connectivity index (χ2n) is 2.73. The van der Waals surface area contributed by atoms with Gasteiger partial charge in [-0.05, 0) is 0 Å². The third-order valence-electron chi connectivity index (χ3n) is 1.69. The Hall–Kier alpha value is -1.53. The zero-order chi connectivity index (χ0) is 11.4. The molecule has 0 bridgehead atoms. The molecule has 82 valence electrons. The quantitative estimate of drug-likeness (QED) is 0.414. The van der Waals surface area contributed by atoms with E-state index < -0.39 is 4.92 Å². The number of aliphatic hydroxyl groups excluding tert-OH is 1. The maximum Gasteiger partial charge on any atom is 0.273 e. The molecule has 1 aromatic rings. The molecule has 0 spiro atoms. The van der Waals surface area contributed by atoms with Crippen LogP contribution in [0.2, 0.25) is 5.02 Å². The number of benzene rings is 1. The molecule has 3 N–H and O–H groups in total. The van der Waals surface area contributed by atoms with Crippen molar-refractivity contribution in [2.24, 2.45) is 0 Å². The minimum Gasteiger partial charge on any atom is -0.504 e. The molecule has 0 saturated carbocycles. The Bertz CT molecular complexity index is 383. The van der Waals surface area contributed by atoms with Gasteiger partial charge in [0.1, 0.15) is 0 Å². The molecular weight excluding hydrogens is 224 g/mol. The van der Waals surface area contributed by atoms with Gasteiger partial charge in [0.25, 0.3) is 5.69 Å². The van der Waals surface area contributed by atoms with Gasteiger partial charge in [-0.1, -0.05) is 11.6 Å². The molecule has 15 heavy (non-hydrogen) atoms. The van der Waals surface area contributed by atoms with Gasteiger partial charge in [0.05, 0.1) is 22.2 Å². The Morgan fingerprint density at radius 1 is 1.53 bits per heavy atom. The van der Waals surface area contributed by atoms with Crippen LogP contribution < -0.4 is 5.32 Å². The van der Waals surface area contributed by atoms with Gasteiger partial charge in [-0.15, -0.1) is 0 Å². The lowest BCUT2D eigenvalue weighted by atomic mass is 10.2. The van der Waals surface area contributed by atoms with E-state index in [1.807, 2.05) is 0 Å². The van der Waals surface area contributed by atoms with Crippen molar-refractivity contribution in [1.82, 2.24) is 0 Å². The van der Waals surface area contributed by atoms with Crippen LogP contribution in [0, 0.1) is 10.1 Å². The summed E-state index contributed by atoms with van der Waals surface area (Å²) in [7, 11) is 0. The number of halogens is 1. The average Bonchev–Trinajstić information content (AvgIpc) is 2.19. The SMILES string of the molecule is O=[N+]([O-])c1cc(Cl)c(O)c(NCCO)c1. The van der Waals surface area contributed by atoms with Gasteiger partial charge in [0.15, 0.2) is 5.75 Å². The molecule has 6 nitrogen and oxygen atoms in total. The predicted octanol–water partition coefficient (Wildman–Crippen LogP) is 1.36. The molecule has 7 heteroatoms. The van der Waals surface area contributed by atoms with Crippen molar-refractivity contribution in [3.63, 3.8) is 0 Å². The number of anilines is 1. The van der Waals surface area contributed by atoms with Gasteiger partial charge in [0.2, 0.25) is 0 Å². The van der Waals surface area contributed by atoms with Gasteiger partial charge < -0.3 is 15.5 Å². The van der Waals surface area contributed by atoms with E-state index in [1.165, 1.54) is 0 Å². The zero-order valence-corrected chi connectivity index (χ0v) is 8.36. The van der Waals surface area contributed by atoms with Gasteiger partial charge in [0, 0.05) is 18.7 Å². The van der Waals surface area contributed by atoms with Crippen LogP contribution in [0.15, 0.2) is 12.1 Å². The number of phenolic OH excluding ortho intramolecular Hbond substituents is 1. The number of non-ortho nitro benzene ring substituents is 1. The summed E-state index contributed by atoms with van der Waals surface area (Å²) in [6.07, 6.45) is 0. The largest absolute Gasteiger partial charge is 0.504 e. The van der Waals surface area contributed by atoms with Crippen molar-refractivity contribution >= 4 is 23.0 Å². The van der Waals surface area contributed by atoms with E-state index in [9.17, 15) is 15.2 Å². The Kier molecular flexibility index (Phi) is 3.70. The molecular formula is C8H9ClN2O4. The van der Waals surface area contributed by atoms with Gasteiger partial charge in [-0.2, -0.15) is 0 Å². The summed E-state index contributed by atoms with van der Waals surface area (Å²) in [6.45, 7) is 0.0187. The third kappa shape index (κ3) is 2.71. The van der Waals surface area contributed by atoms with Crippen LogP contribution in [0.1, 0.15) is 0 Å². The summed E-state index contributed by atoms with van der Waals surface area (Å²) in [6, 6.07) is 2.21. The Morgan fingerprint density at radius 2 is 2.20 bits per heavy atom. The highest BCUT2D eigenvalue weighted by molar-refractivity contribution is 6.32. The number of rotatable bonds is 4. The van der Waals surface area contributed by atoms with Crippen molar-refractivity contribution in [2.45, 2.75) is 0 Å². The minimum atomic E-state index is -0.616. The fourth-order valence-corrected chi connectivity index (χ4v) is 1.23. The van der Waals surface area contributed by atoms with E-state index in [0.717, 1.165) is 12.1 Å². The molecule has 0 saturated heterocycles. The van der Waals surface area contributed by atoms with Crippen LogP contribution >= 0.6 is 11.6 Å². The number of hydrogen-bond donors (Lipinski definition) is 3. The number of phenols is 1. The van der Waals surface area contributed by atoms with E-state index in [0.29, 0.717) is 0 Å². The molecule has 0 amide bonds. The monoisotopic (exact) mass is 232 g/mol. The summed E-state index contributed by atoms with van der Waals surface area (Å²) in [5.41, 5.74) is -0.0958. The van der Waals surface area contributed by atoms with E-state index in [-0.39, 0.29) is 35.3 Å². The highest BCUT2D eigenvalue weighted by Crippen LogP contribution is 2.35. The van der Waals surface area contributed by atoms with Crippen molar-refractivity contribution < 1.29 is 15.1 Å². The summed E-state index contributed by atoms with van der Waals surface area (Å²) >= 11 is 5.59. The van der Waals surface area contributed by atoms with Crippen LogP contribution in [0.4, 0.5) is 11.4 Å². The molecule has 0 aliphatic heterocycles. The smallest absolute Gasteiger partial charge is 0.273 e. The lowest BCUT2D eigenvalue weighted by molar-refractivity contribution is -0.384. The first kappa shape index (κ1) is 11.5. The molecule has 0 unspecified atom stereocenters. The maximum absolute atomic E-state index is 10.5. The van der Waals surface area contributed by atoms with E-state index in [2.05, 4.69) is 5.32 Å². The fraction of sp³-hybridized carbons (Fsp3) is 0.250. The summed E-state index contributed by atoms with van der Waals surface area (Å²) in [5, 5.41) is 31.0. The Balaban J connectivity index is 3.07. The highest BCUT2D eigenvalue weighted by atomic mass is 35.5. The highest BCUT2D eigenvalue weighted by Gasteiger charge is 2.14. The Labute approximate surface area is 90.3 Å².